The van der Waals surface area contributed by atoms with Crippen LogP contribution in [0, 0.1) is 0 Å². The monoisotopic (exact) mass is 970 g/mol. The molecule has 10 N–H and O–H groups in total. The number of fused-ring (bicyclic) bond motifs is 8. The van der Waals surface area contributed by atoms with E-state index in [9.17, 15) is 40.9 Å². The van der Waals surface area contributed by atoms with Crippen LogP contribution in [0.2, 0.25) is 0 Å². The highest BCUT2D eigenvalue weighted by Crippen LogP contribution is 2.40. The minimum absolute atomic E-state index is 0.286. The van der Waals surface area contributed by atoms with E-state index in [0.29, 0.717) is 56.1 Å². The third kappa shape index (κ3) is 8.79. The Labute approximate surface area is 411 Å². The van der Waals surface area contributed by atoms with Crippen molar-refractivity contribution in [2.24, 2.45) is 0 Å². The van der Waals surface area contributed by atoms with Crippen molar-refractivity contribution in [2.45, 2.75) is 61.4 Å². The van der Waals surface area contributed by atoms with Gasteiger partial charge in [-0.25, -0.2) is 9.97 Å². The van der Waals surface area contributed by atoms with Crippen LogP contribution in [0.4, 0.5) is 0 Å². The molecule has 2 fully saturated rings. The highest BCUT2D eigenvalue weighted by Gasteiger charge is 2.46. The van der Waals surface area contributed by atoms with Crippen molar-refractivity contribution in [2.75, 3.05) is 13.2 Å². The van der Waals surface area contributed by atoms with E-state index in [2.05, 4.69) is 9.97 Å². The van der Waals surface area contributed by atoms with Crippen LogP contribution in [0.25, 0.3) is 90.9 Å². The maximum atomic E-state index is 10.9. The van der Waals surface area contributed by atoms with Gasteiger partial charge in [-0.05, 0) is 95.1 Å². The second kappa shape index (κ2) is 19.7. The number of nitrogens with zero attached hydrogens (tertiary/aromatic N) is 2. The van der Waals surface area contributed by atoms with E-state index in [1.165, 1.54) is 0 Å². The molecule has 72 heavy (non-hydrogen) atoms. The summed E-state index contributed by atoms with van der Waals surface area (Å²) in [6.45, 7) is -1.20. The van der Waals surface area contributed by atoms with E-state index < -0.39 is 74.6 Å². The molecular formula is C56H50N4O12. The molecular weight excluding hydrogens is 921 g/mol. The molecule has 0 spiro atoms. The van der Waals surface area contributed by atoms with Gasteiger partial charge in [0.15, 0.2) is 0 Å². The quantitative estimate of drug-likeness (QED) is 0.0792. The van der Waals surface area contributed by atoms with Gasteiger partial charge in [0, 0.05) is 44.3 Å². The van der Waals surface area contributed by atoms with Crippen LogP contribution in [0.5, 0.6) is 11.5 Å². The van der Waals surface area contributed by atoms with E-state index in [1.54, 1.807) is 36.4 Å². The second-order valence-electron chi connectivity index (χ2n) is 17.9. The average molecular weight is 971 g/mol. The molecule has 4 aliphatic heterocycles. The van der Waals surface area contributed by atoms with Gasteiger partial charge in [-0.2, -0.15) is 0 Å². The van der Waals surface area contributed by atoms with Crippen LogP contribution in [0.15, 0.2) is 133 Å². The van der Waals surface area contributed by atoms with Gasteiger partial charge in [0.1, 0.15) is 60.3 Å². The van der Waals surface area contributed by atoms with Crippen LogP contribution in [-0.4, -0.2) is 135 Å². The predicted octanol–water partition coefficient (Wildman–Crippen LogP) is 5.68. The van der Waals surface area contributed by atoms with Crippen LogP contribution in [0.3, 0.4) is 0 Å². The van der Waals surface area contributed by atoms with E-state index >= 15 is 0 Å². The Hall–Kier alpha value is -7.32. The first kappa shape index (κ1) is 47.0. The number of aliphatic hydroxyl groups excluding tert-OH is 8. The Morgan fingerprint density at radius 1 is 0.389 bits per heavy atom. The molecule has 7 heterocycles. The number of rotatable bonds is 10. The fourth-order valence-corrected chi connectivity index (χ4v) is 9.68. The predicted molar refractivity (Wildman–Crippen MR) is 269 cm³/mol. The van der Waals surface area contributed by atoms with Crippen LogP contribution < -0.4 is 9.47 Å². The molecule has 0 radical (unpaired) electrons. The summed E-state index contributed by atoms with van der Waals surface area (Å²) < 4.78 is 23.7. The van der Waals surface area contributed by atoms with Crippen LogP contribution in [0.1, 0.15) is 22.8 Å². The van der Waals surface area contributed by atoms with Gasteiger partial charge >= 0.3 is 0 Å². The summed E-state index contributed by atoms with van der Waals surface area (Å²) in [5, 5.41) is 83.3. The minimum atomic E-state index is -1.62. The molecule has 2 saturated heterocycles. The number of hydrogen-bond acceptors (Lipinski definition) is 14. The summed E-state index contributed by atoms with van der Waals surface area (Å²) in [7, 11) is 0. The van der Waals surface area contributed by atoms with Crippen molar-refractivity contribution < 1.29 is 59.8 Å². The maximum absolute atomic E-state index is 10.9. The number of aliphatic hydroxyl groups is 8. The summed E-state index contributed by atoms with van der Waals surface area (Å²) >= 11 is 0. The SMILES string of the molecule is OCC1O[C@@H](Oc2cccc(-c3c4nc(c(-c5ccccc5)c5ccc([nH]5)c(-c5cccc(OC6O[C@H](CO)C(O)[C@@H](O)[C@H]6O)c5)c5nc(c(-c6ccccc6)c6ccc3[nH]6)C=C5)C=C4)c2)C(O)[C@@H](O)[C@@H]1O. The van der Waals surface area contributed by atoms with E-state index in [0.717, 1.165) is 33.3 Å². The first-order chi connectivity index (χ1) is 35.1. The van der Waals surface area contributed by atoms with Crippen molar-refractivity contribution in [1.82, 2.24) is 19.9 Å². The van der Waals surface area contributed by atoms with Crippen molar-refractivity contribution in [3.05, 3.63) is 156 Å². The van der Waals surface area contributed by atoms with E-state index in [-0.39, 0.29) is 11.5 Å². The molecule has 4 unspecified atom stereocenters. The van der Waals surface area contributed by atoms with Crippen molar-refractivity contribution >= 4 is 46.4 Å². The molecule has 4 aliphatic rings. The largest absolute Gasteiger partial charge is 0.462 e. The molecule has 10 atom stereocenters. The number of H-pyrrole nitrogens is 2. The zero-order valence-electron chi connectivity index (χ0n) is 38.3. The molecule has 0 amide bonds. The lowest BCUT2D eigenvalue weighted by molar-refractivity contribution is -0.277. The van der Waals surface area contributed by atoms with Crippen LogP contribution in [-0.2, 0) is 9.47 Å². The lowest BCUT2D eigenvalue weighted by Crippen LogP contribution is -2.60. The molecule has 11 rings (SSSR count). The van der Waals surface area contributed by atoms with Crippen LogP contribution >= 0.6 is 0 Å². The normalized spacial score (nSPS) is 24.8. The summed E-state index contributed by atoms with van der Waals surface area (Å²) in [6.07, 6.45) is -6.81. The molecule has 0 saturated carbocycles. The Bertz CT molecular complexity index is 3130. The number of hydrogen-bond donors (Lipinski definition) is 10. The molecule has 3 aromatic heterocycles. The first-order valence-electron chi connectivity index (χ1n) is 23.5. The molecule has 16 nitrogen and oxygen atoms in total. The Morgan fingerprint density at radius 3 is 1.07 bits per heavy atom. The van der Waals surface area contributed by atoms with E-state index in [4.69, 9.17) is 28.9 Å². The highest BCUT2D eigenvalue weighted by molar-refractivity contribution is 6.00. The summed E-state index contributed by atoms with van der Waals surface area (Å²) in [5.74, 6) is 0.571. The molecule has 4 aromatic carbocycles. The minimum Gasteiger partial charge on any atom is -0.462 e. The first-order valence-corrected chi connectivity index (χ1v) is 23.5. The molecule has 8 bridgehead atoms. The summed E-state index contributed by atoms with van der Waals surface area (Å²) in [5.41, 5.74) is 11.7. The number of ether oxygens (including phenoxy) is 4. The Balaban J connectivity index is 1.13. The standard InChI is InChI=1S/C56H50N4O12/c61-27-43-49(63)51(65)53(67)55(71-43)69-33-15-7-13-31(25-33)47-39-21-17-35(57-39)45(29-9-3-1-4-10-29)36-18-22-40(58-36)48(32-14-8-16-34(26-32)70-56-54(68)52(66)50(64)44(28-62)72-56)42-24-20-38(60-42)46(30-11-5-2-6-12-30)37-19-23-41(47)59-37/h1-26,43-44,49-57,60-68H,27-28H2/t43-,44?,49?,50-,51-,52+,53-,54?,55?,56-/m1/s1. The smallest absolute Gasteiger partial charge is 0.229 e. The number of aromatic amines is 2. The van der Waals surface area contributed by atoms with Gasteiger partial charge in [0.25, 0.3) is 0 Å². The number of aromatic nitrogens is 4. The topological polar surface area (TPSA) is 256 Å². The fraction of sp³-hybridized carbons (Fsp3) is 0.214. The van der Waals surface area contributed by atoms with Gasteiger partial charge in [0.05, 0.1) is 36.0 Å². The molecule has 366 valence electrons. The van der Waals surface area contributed by atoms with Crippen molar-refractivity contribution in [1.29, 1.82) is 0 Å². The highest BCUT2D eigenvalue weighted by atomic mass is 16.7. The van der Waals surface area contributed by atoms with Crippen molar-refractivity contribution in [3.8, 4) is 56.0 Å². The number of benzene rings is 4. The summed E-state index contributed by atoms with van der Waals surface area (Å²) in [6, 6.07) is 42.1. The molecule has 0 aliphatic carbocycles. The van der Waals surface area contributed by atoms with E-state index in [1.807, 2.05) is 121 Å². The Kier molecular flexibility index (Phi) is 12.9. The van der Waals surface area contributed by atoms with Gasteiger partial charge < -0.3 is 69.8 Å². The second-order valence-corrected chi connectivity index (χ2v) is 17.9. The summed E-state index contributed by atoms with van der Waals surface area (Å²) in [4.78, 5) is 18.1. The van der Waals surface area contributed by atoms with Crippen molar-refractivity contribution in [3.63, 3.8) is 0 Å². The van der Waals surface area contributed by atoms with Gasteiger partial charge in [0.2, 0.25) is 12.6 Å². The zero-order valence-corrected chi connectivity index (χ0v) is 38.3. The Morgan fingerprint density at radius 2 is 0.722 bits per heavy atom. The average Bonchev–Trinajstić information content (AvgIpc) is 4.26. The lowest BCUT2D eigenvalue weighted by Gasteiger charge is -2.39. The lowest BCUT2D eigenvalue weighted by atomic mass is 9.99. The van der Waals surface area contributed by atoms with Gasteiger partial charge in [-0.15, -0.1) is 0 Å². The zero-order chi connectivity index (χ0) is 49.6. The molecule has 16 heteroatoms. The van der Waals surface area contributed by atoms with Gasteiger partial charge in [-0.3, -0.25) is 0 Å². The third-order valence-corrected chi connectivity index (χ3v) is 13.3. The fourth-order valence-electron chi connectivity index (χ4n) is 9.68. The maximum Gasteiger partial charge on any atom is 0.229 e. The number of nitrogens with one attached hydrogen (secondary N) is 2. The third-order valence-electron chi connectivity index (χ3n) is 13.3. The van der Waals surface area contributed by atoms with Gasteiger partial charge in [-0.1, -0.05) is 84.9 Å². The molecule has 7 aromatic rings.